The van der Waals surface area contributed by atoms with Gasteiger partial charge in [-0.05, 0) is 47.9 Å². The number of aliphatic hydroxyl groups excluding tert-OH is 1. The largest absolute Gasteiger partial charge is 0.493 e. The van der Waals surface area contributed by atoms with Gasteiger partial charge in [-0.2, -0.15) is 0 Å². The lowest BCUT2D eigenvalue weighted by atomic mass is 10.1. The van der Waals surface area contributed by atoms with Gasteiger partial charge in [0.1, 0.15) is 18.6 Å². The summed E-state index contributed by atoms with van der Waals surface area (Å²) < 4.78 is 17.5. The molecule has 3 aromatic carbocycles. The molecule has 2 heterocycles. The van der Waals surface area contributed by atoms with E-state index in [9.17, 15) is 4.79 Å². The zero-order valence-electron chi connectivity index (χ0n) is 24.7. The van der Waals surface area contributed by atoms with Gasteiger partial charge in [0.15, 0.2) is 11.5 Å². The minimum atomic E-state index is 0.160. The van der Waals surface area contributed by atoms with Gasteiger partial charge in [-0.15, -0.1) is 0 Å². The van der Waals surface area contributed by atoms with Crippen LogP contribution < -0.4 is 14.2 Å². The van der Waals surface area contributed by atoms with E-state index in [0.29, 0.717) is 41.2 Å². The van der Waals surface area contributed by atoms with Crippen molar-refractivity contribution in [2.45, 2.75) is 19.6 Å². The van der Waals surface area contributed by atoms with Crippen molar-refractivity contribution < 1.29 is 24.1 Å². The van der Waals surface area contributed by atoms with E-state index >= 15 is 0 Å². The fourth-order valence-electron chi connectivity index (χ4n) is 5.11. The minimum Gasteiger partial charge on any atom is -0.493 e. The molecule has 0 spiro atoms. The molecule has 1 N–H and O–H groups in total. The summed E-state index contributed by atoms with van der Waals surface area (Å²) in [5.41, 5.74) is 4.99. The summed E-state index contributed by atoms with van der Waals surface area (Å²) in [5.74, 6) is 2.03. The van der Waals surface area contributed by atoms with Crippen LogP contribution in [-0.4, -0.2) is 66.1 Å². The van der Waals surface area contributed by atoms with E-state index in [1.165, 1.54) is 5.56 Å². The molecule has 1 fully saturated rings. The molecular formula is C35H36ClN3O5. The lowest BCUT2D eigenvalue weighted by Gasteiger charge is -2.37. The standard InChI is InChI=1S/C35H36ClN3O5/c1-42-34-22-28(10-12-33(34)44-35-13-11-30(23-37-35)43-25-29-4-2-3-5-31(29)36)32(15-21-41)39-18-16-38(17-19-39)24-27-8-6-26(7-9-27)14-20-40/h2-13,15,21-23,40H,14,16-20,24-25H2,1H3/b32-15+. The maximum Gasteiger partial charge on any atom is 0.219 e. The molecule has 1 aliphatic heterocycles. The Morgan fingerprint density at radius 3 is 2.41 bits per heavy atom. The van der Waals surface area contributed by atoms with Gasteiger partial charge in [0.05, 0.1) is 13.3 Å². The maximum absolute atomic E-state index is 11.6. The molecule has 1 aliphatic rings. The number of hydrogen-bond acceptors (Lipinski definition) is 8. The molecule has 0 aliphatic carbocycles. The van der Waals surface area contributed by atoms with Gasteiger partial charge in [-0.1, -0.05) is 54.1 Å². The van der Waals surface area contributed by atoms with Gasteiger partial charge < -0.3 is 24.2 Å². The molecule has 0 unspecified atom stereocenters. The van der Waals surface area contributed by atoms with Gasteiger partial charge in [-0.3, -0.25) is 9.69 Å². The van der Waals surface area contributed by atoms with Gasteiger partial charge in [0.2, 0.25) is 5.88 Å². The first-order chi connectivity index (χ1) is 21.6. The maximum atomic E-state index is 11.6. The quantitative estimate of drug-likeness (QED) is 0.145. The lowest BCUT2D eigenvalue weighted by molar-refractivity contribution is -0.104. The number of hydrogen-bond donors (Lipinski definition) is 1. The number of methoxy groups -OCH3 is 1. The Hall–Kier alpha value is -4.37. The van der Waals surface area contributed by atoms with Crippen molar-refractivity contribution >= 4 is 23.6 Å². The second kappa shape index (κ2) is 15.4. The third-order valence-electron chi connectivity index (χ3n) is 7.50. The highest BCUT2D eigenvalue weighted by atomic mass is 35.5. The highest BCUT2D eigenvalue weighted by Gasteiger charge is 2.21. The Bertz CT molecular complexity index is 1550. The number of benzene rings is 3. The molecule has 0 saturated carbocycles. The van der Waals surface area contributed by atoms with Crippen molar-refractivity contribution in [2.75, 3.05) is 39.9 Å². The van der Waals surface area contributed by atoms with Crippen molar-refractivity contribution in [3.8, 4) is 23.1 Å². The third-order valence-corrected chi connectivity index (χ3v) is 7.87. The molecule has 9 heteroatoms. The molecule has 0 radical (unpaired) electrons. The molecule has 228 valence electrons. The summed E-state index contributed by atoms with van der Waals surface area (Å²) in [5, 5.41) is 9.79. The lowest BCUT2D eigenvalue weighted by Crippen LogP contribution is -2.44. The first kappa shape index (κ1) is 31.1. The molecular weight excluding hydrogens is 578 g/mol. The van der Waals surface area contributed by atoms with E-state index in [1.807, 2.05) is 42.5 Å². The van der Waals surface area contributed by atoms with Crippen LogP contribution in [0.15, 0.2) is 91.1 Å². The first-order valence-corrected chi connectivity index (χ1v) is 14.9. The Morgan fingerprint density at radius 2 is 1.73 bits per heavy atom. The molecule has 5 rings (SSSR count). The number of ether oxygens (including phenoxy) is 3. The number of aliphatic hydroxyl groups is 1. The van der Waals surface area contributed by atoms with Gasteiger partial charge in [0, 0.05) is 73.3 Å². The topological polar surface area (TPSA) is 84.4 Å². The number of nitrogens with zero attached hydrogens (tertiary/aromatic N) is 3. The van der Waals surface area contributed by atoms with Crippen LogP contribution in [0.4, 0.5) is 0 Å². The fraction of sp³-hybridized carbons (Fsp3) is 0.257. The Morgan fingerprint density at radius 1 is 0.955 bits per heavy atom. The molecule has 0 amide bonds. The first-order valence-electron chi connectivity index (χ1n) is 14.6. The van der Waals surface area contributed by atoms with Gasteiger partial charge >= 0.3 is 0 Å². The number of carbonyl (C=O) groups is 1. The summed E-state index contributed by atoms with van der Waals surface area (Å²) in [6, 6.07) is 25.1. The molecule has 1 aromatic heterocycles. The summed E-state index contributed by atoms with van der Waals surface area (Å²) in [4.78, 5) is 20.7. The van der Waals surface area contributed by atoms with Crippen LogP contribution in [0, 0.1) is 0 Å². The number of allylic oxidation sites excluding steroid dienone is 1. The summed E-state index contributed by atoms with van der Waals surface area (Å²) in [6.45, 7) is 4.68. The van der Waals surface area contributed by atoms with Crippen molar-refractivity contribution in [2.24, 2.45) is 0 Å². The molecule has 8 nitrogen and oxygen atoms in total. The normalized spacial score (nSPS) is 13.9. The number of rotatable bonds is 13. The number of piperazine rings is 1. The third kappa shape index (κ3) is 8.17. The zero-order chi connectivity index (χ0) is 30.7. The highest BCUT2D eigenvalue weighted by molar-refractivity contribution is 6.31. The second-order valence-corrected chi connectivity index (χ2v) is 10.8. The smallest absolute Gasteiger partial charge is 0.219 e. The molecule has 0 bridgehead atoms. The van der Waals surface area contributed by atoms with E-state index in [4.69, 9.17) is 30.9 Å². The predicted octanol–water partition coefficient (Wildman–Crippen LogP) is 6.01. The van der Waals surface area contributed by atoms with Crippen LogP contribution >= 0.6 is 11.6 Å². The average molecular weight is 614 g/mol. The average Bonchev–Trinajstić information content (AvgIpc) is 3.06. The van der Waals surface area contributed by atoms with E-state index in [1.54, 1.807) is 31.5 Å². The van der Waals surface area contributed by atoms with Crippen molar-refractivity contribution in [1.29, 1.82) is 0 Å². The van der Waals surface area contributed by atoms with Crippen LogP contribution in [-0.2, 0) is 24.4 Å². The summed E-state index contributed by atoms with van der Waals surface area (Å²) in [6.07, 6.45) is 4.71. The van der Waals surface area contributed by atoms with E-state index in [-0.39, 0.29) is 6.61 Å². The minimum absolute atomic E-state index is 0.160. The Labute approximate surface area is 263 Å². The molecule has 0 atom stereocenters. The van der Waals surface area contributed by atoms with Crippen molar-refractivity contribution in [1.82, 2.24) is 14.8 Å². The number of aldehydes is 1. The van der Waals surface area contributed by atoms with Crippen LogP contribution in [0.3, 0.4) is 0 Å². The number of carbonyl (C=O) groups excluding carboxylic acids is 1. The van der Waals surface area contributed by atoms with Crippen LogP contribution in [0.2, 0.25) is 5.02 Å². The highest BCUT2D eigenvalue weighted by Crippen LogP contribution is 2.35. The van der Waals surface area contributed by atoms with Gasteiger partial charge in [-0.25, -0.2) is 4.98 Å². The fourth-order valence-corrected chi connectivity index (χ4v) is 5.30. The van der Waals surface area contributed by atoms with Gasteiger partial charge in [0.25, 0.3) is 0 Å². The Balaban J connectivity index is 1.19. The number of pyridine rings is 1. The van der Waals surface area contributed by atoms with E-state index in [0.717, 1.165) is 61.4 Å². The molecule has 44 heavy (non-hydrogen) atoms. The van der Waals surface area contributed by atoms with E-state index in [2.05, 4.69) is 39.0 Å². The predicted molar refractivity (Wildman–Crippen MR) is 171 cm³/mol. The van der Waals surface area contributed by atoms with E-state index < -0.39 is 0 Å². The van der Waals surface area contributed by atoms with Crippen molar-refractivity contribution in [3.63, 3.8) is 0 Å². The SMILES string of the molecule is COc1cc(/C(=C\C=O)N2CCN(Cc3ccc(CCO)cc3)CC2)ccc1Oc1ccc(OCc2ccccc2Cl)cn1. The Kier molecular flexibility index (Phi) is 10.9. The molecule has 4 aromatic rings. The second-order valence-electron chi connectivity index (χ2n) is 10.4. The zero-order valence-corrected chi connectivity index (χ0v) is 25.5. The number of aromatic nitrogens is 1. The monoisotopic (exact) mass is 613 g/mol. The van der Waals surface area contributed by atoms with Crippen LogP contribution in [0.1, 0.15) is 22.3 Å². The summed E-state index contributed by atoms with van der Waals surface area (Å²) in [7, 11) is 1.59. The molecule has 1 saturated heterocycles. The number of halogens is 1. The van der Waals surface area contributed by atoms with Crippen LogP contribution in [0.25, 0.3) is 5.70 Å². The summed E-state index contributed by atoms with van der Waals surface area (Å²) >= 11 is 6.21. The van der Waals surface area contributed by atoms with Crippen LogP contribution in [0.5, 0.6) is 23.1 Å². The van der Waals surface area contributed by atoms with Crippen molar-refractivity contribution in [3.05, 3.63) is 118 Å².